The molecule has 0 heterocycles. The molecule has 0 saturated heterocycles. The molecule has 2 unspecified atom stereocenters. The van der Waals surface area contributed by atoms with Gasteiger partial charge in [0.05, 0.1) is 0 Å². The summed E-state index contributed by atoms with van der Waals surface area (Å²) in [5.41, 5.74) is 0. The third-order valence-electron chi connectivity index (χ3n) is 1.27. The minimum Gasteiger partial charge on any atom is -0.853 e. The van der Waals surface area contributed by atoms with Crippen LogP contribution in [0.2, 0.25) is 0 Å². The van der Waals surface area contributed by atoms with E-state index in [1.807, 2.05) is 0 Å². The fourth-order valence-electron chi connectivity index (χ4n) is 0.136. The summed E-state index contributed by atoms with van der Waals surface area (Å²) < 4.78 is 9.17. The Balaban J connectivity index is -0.000000143. The van der Waals surface area contributed by atoms with Crippen molar-refractivity contribution in [1.82, 2.24) is 0 Å². The Bertz CT molecular complexity index is 64.5. The van der Waals surface area contributed by atoms with E-state index in [4.69, 9.17) is 0 Å². The van der Waals surface area contributed by atoms with Gasteiger partial charge in [-0.15, -0.1) is 13.2 Å². The van der Waals surface area contributed by atoms with Crippen molar-refractivity contribution in [3.8, 4) is 0 Å². The van der Waals surface area contributed by atoms with Crippen molar-refractivity contribution in [3.05, 3.63) is 0 Å². The van der Waals surface area contributed by atoms with Crippen LogP contribution in [0.3, 0.4) is 0 Å². The number of methoxy groups -OCH3 is 2. The summed E-state index contributed by atoms with van der Waals surface area (Å²) in [6.45, 7) is 3.20. The smallest absolute Gasteiger partial charge is 0.853 e. The van der Waals surface area contributed by atoms with Crippen LogP contribution in [0.4, 0.5) is 0 Å². The Morgan fingerprint density at radius 3 is 1.15 bits per heavy atom. The molecule has 0 saturated carbocycles. The summed E-state index contributed by atoms with van der Waals surface area (Å²) >= 11 is 0. The molecular weight excluding hydrogens is 224 g/mol. The molecule has 5 heteroatoms. The average molecular weight is 242 g/mol. The zero-order valence-corrected chi connectivity index (χ0v) is 9.45. The van der Waals surface area contributed by atoms with E-state index in [-0.39, 0.29) is 42.5 Å². The third-order valence-corrected chi connectivity index (χ3v) is 1.27. The Morgan fingerprint density at radius 1 is 0.923 bits per heavy atom. The molecule has 1 radical (unpaired) electrons. The Labute approximate surface area is 90.7 Å². The molecule has 0 aromatic rings. The molecule has 0 aromatic heterocycles. The molecule has 85 valence electrons. The predicted molar refractivity (Wildman–Crippen MR) is 42.7 cm³/mol. The second-order valence-corrected chi connectivity index (χ2v) is 2.43. The van der Waals surface area contributed by atoms with Crippen LogP contribution in [0.1, 0.15) is 13.8 Å². The summed E-state index contributed by atoms with van der Waals surface area (Å²) in [6, 6.07) is 0. The van der Waals surface area contributed by atoms with Gasteiger partial charge in [-0.05, 0) is 13.8 Å². The van der Waals surface area contributed by atoms with Crippen LogP contribution in [0, 0.1) is 0 Å². The van der Waals surface area contributed by atoms with E-state index in [9.17, 15) is 10.2 Å². The minimum atomic E-state index is -0.142. The topological polar surface area (TPSA) is 64.6 Å². The van der Waals surface area contributed by atoms with Crippen LogP contribution in [-0.4, -0.2) is 39.6 Å². The van der Waals surface area contributed by atoms with Crippen LogP contribution in [0.5, 0.6) is 0 Å². The zero-order valence-electron chi connectivity index (χ0n) is 8.50. The molecule has 0 spiro atoms. The molecule has 0 aliphatic carbocycles. The van der Waals surface area contributed by atoms with Gasteiger partial charge in [0.1, 0.15) is 0 Å². The molecule has 2 atom stereocenters. The first-order chi connectivity index (χ1) is 5.62. The summed E-state index contributed by atoms with van der Waals surface area (Å²) in [5, 5.41) is 19.5. The van der Waals surface area contributed by atoms with Crippen molar-refractivity contribution in [2.45, 2.75) is 26.1 Å². The van der Waals surface area contributed by atoms with Crippen molar-refractivity contribution in [2.24, 2.45) is 0 Å². The van der Waals surface area contributed by atoms with E-state index in [0.717, 1.165) is 0 Å². The summed E-state index contributed by atoms with van der Waals surface area (Å²) in [5.74, 6) is 0. The van der Waals surface area contributed by atoms with Gasteiger partial charge in [-0.25, -0.2) is 0 Å². The molecular formula is C8H18CuO4. The van der Waals surface area contributed by atoms with Gasteiger partial charge in [-0.3, -0.25) is 0 Å². The third kappa shape index (κ3) is 19.0. The van der Waals surface area contributed by atoms with Gasteiger partial charge in [0.2, 0.25) is 0 Å². The standard InChI is InChI=1S/2C4H9O2.Cu/c2*1-4(3-5)6-2;/h2*4H,3H2,1-2H3;/q2*-1;+2. The molecule has 0 aliphatic rings. The fraction of sp³-hybridized carbons (Fsp3) is 1.00. The molecule has 0 amide bonds. The Hall–Kier alpha value is 0.359. The fourth-order valence-corrected chi connectivity index (χ4v) is 0.136. The van der Waals surface area contributed by atoms with Gasteiger partial charge in [0.15, 0.2) is 0 Å². The minimum absolute atomic E-state index is 0. The van der Waals surface area contributed by atoms with Gasteiger partial charge in [-0.1, -0.05) is 0 Å². The number of hydrogen-bond donors (Lipinski definition) is 0. The Morgan fingerprint density at radius 2 is 1.15 bits per heavy atom. The van der Waals surface area contributed by atoms with E-state index in [1.165, 1.54) is 14.2 Å². The first-order valence-corrected chi connectivity index (χ1v) is 3.84. The average Bonchev–Trinajstić information content (AvgIpc) is 2.16. The molecule has 0 fully saturated rings. The largest absolute Gasteiger partial charge is 2.00 e. The van der Waals surface area contributed by atoms with E-state index in [2.05, 4.69) is 9.47 Å². The first kappa shape index (κ1) is 19.0. The van der Waals surface area contributed by atoms with Crippen LogP contribution in [-0.2, 0) is 26.5 Å². The number of rotatable bonds is 4. The molecule has 0 bridgehead atoms. The predicted octanol–water partition coefficient (Wildman–Crippen LogP) is -1.24. The van der Waals surface area contributed by atoms with Crippen LogP contribution in [0.15, 0.2) is 0 Å². The number of ether oxygens (including phenoxy) is 2. The van der Waals surface area contributed by atoms with E-state index >= 15 is 0 Å². The summed E-state index contributed by atoms with van der Waals surface area (Å²) in [7, 11) is 3.06. The van der Waals surface area contributed by atoms with Gasteiger partial charge < -0.3 is 19.7 Å². The van der Waals surface area contributed by atoms with E-state index in [0.29, 0.717) is 0 Å². The molecule has 13 heavy (non-hydrogen) atoms. The van der Waals surface area contributed by atoms with Crippen molar-refractivity contribution >= 4 is 0 Å². The summed E-state index contributed by atoms with van der Waals surface area (Å²) in [6.07, 6.45) is -0.241. The van der Waals surface area contributed by atoms with Crippen LogP contribution < -0.4 is 10.2 Å². The van der Waals surface area contributed by atoms with Crippen molar-refractivity contribution in [2.75, 3.05) is 27.4 Å². The molecule has 0 N–H and O–H groups in total. The van der Waals surface area contributed by atoms with Gasteiger partial charge in [0.25, 0.3) is 0 Å². The SMILES string of the molecule is COC(C)C[O-].COC(C)C[O-].[Cu+2]. The maximum Gasteiger partial charge on any atom is 2.00 e. The van der Waals surface area contributed by atoms with Crippen LogP contribution >= 0.6 is 0 Å². The molecule has 0 rings (SSSR count). The molecule has 0 aliphatic heterocycles. The quantitative estimate of drug-likeness (QED) is 0.578. The maximum atomic E-state index is 9.74. The van der Waals surface area contributed by atoms with Crippen molar-refractivity contribution < 1.29 is 36.8 Å². The Kier molecular flexibility index (Phi) is 21.7. The second kappa shape index (κ2) is 14.9. The molecule has 4 nitrogen and oxygen atoms in total. The monoisotopic (exact) mass is 241 g/mol. The van der Waals surface area contributed by atoms with Gasteiger partial charge >= 0.3 is 17.1 Å². The molecule has 0 aromatic carbocycles. The van der Waals surface area contributed by atoms with Gasteiger partial charge in [-0.2, -0.15) is 0 Å². The zero-order chi connectivity index (χ0) is 9.98. The number of hydrogen-bond acceptors (Lipinski definition) is 4. The maximum absolute atomic E-state index is 9.74. The second-order valence-electron chi connectivity index (χ2n) is 2.43. The van der Waals surface area contributed by atoms with Crippen molar-refractivity contribution in [3.63, 3.8) is 0 Å². The summed E-state index contributed by atoms with van der Waals surface area (Å²) in [4.78, 5) is 0. The normalized spacial score (nSPS) is 13.4. The van der Waals surface area contributed by atoms with E-state index < -0.39 is 0 Å². The van der Waals surface area contributed by atoms with Crippen molar-refractivity contribution in [1.29, 1.82) is 0 Å². The first-order valence-electron chi connectivity index (χ1n) is 3.84. The van der Waals surface area contributed by atoms with Crippen LogP contribution in [0.25, 0.3) is 0 Å². The van der Waals surface area contributed by atoms with Gasteiger partial charge in [0, 0.05) is 26.4 Å². The van der Waals surface area contributed by atoms with E-state index in [1.54, 1.807) is 13.8 Å².